The molecule has 2 atom stereocenters. The van der Waals surface area contributed by atoms with Gasteiger partial charge in [0.15, 0.2) is 0 Å². The van der Waals surface area contributed by atoms with Crippen LogP contribution in [0.5, 0.6) is 0 Å². The van der Waals surface area contributed by atoms with Crippen molar-refractivity contribution >= 4 is 5.91 Å². The zero-order valence-electron chi connectivity index (χ0n) is 18.6. The van der Waals surface area contributed by atoms with Crippen molar-refractivity contribution < 1.29 is 13.6 Å². The van der Waals surface area contributed by atoms with E-state index >= 15 is 0 Å². The minimum atomic E-state index is -2.29. The molecule has 0 aliphatic heterocycles. The van der Waals surface area contributed by atoms with Gasteiger partial charge in [-0.15, -0.1) is 0 Å². The number of halogens is 2. The first-order chi connectivity index (χ1) is 14.7. The Kier molecular flexibility index (Phi) is 5.19. The maximum Gasteiger partial charge on any atom is 0.239 e. The lowest BCUT2D eigenvalue weighted by molar-refractivity contribution is -0.183. The number of carbonyl (C=O) groups excluding carboxylic acids is 1. The van der Waals surface area contributed by atoms with E-state index in [2.05, 4.69) is 36.5 Å². The molecule has 2 unspecified atom stereocenters. The number of rotatable bonds is 5. The molecule has 5 heteroatoms. The van der Waals surface area contributed by atoms with Crippen LogP contribution in [-0.4, -0.2) is 24.4 Å². The third-order valence-corrected chi connectivity index (χ3v) is 9.66. The molecule has 0 saturated heterocycles. The summed E-state index contributed by atoms with van der Waals surface area (Å²) >= 11 is 0. The molecule has 0 radical (unpaired) electrons. The van der Waals surface area contributed by atoms with Crippen LogP contribution in [-0.2, 0) is 10.2 Å². The Hall–Kier alpha value is -1.49. The molecule has 0 aromatic heterocycles. The van der Waals surface area contributed by atoms with Gasteiger partial charge < -0.3 is 11.1 Å². The van der Waals surface area contributed by atoms with Gasteiger partial charge in [0.25, 0.3) is 0 Å². The highest BCUT2D eigenvalue weighted by Gasteiger charge is 2.67. The van der Waals surface area contributed by atoms with Crippen molar-refractivity contribution in [2.45, 2.75) is 95.1 Å². The fraction of sp³-hybridized carbons (Fsp3) is 0.731. The van der Waals surface area contributed by atoms with Crippen molar-refractivity contribution in [3.63, 3.8) is 0 Å². The molecule has 1 aromatic rings. The first-order valence-electron chi connectivity index (χ1n) is 12.1. The molecule has 0 spiro atoms. The zero-order chi connectivity index (χ0) is 21.9. The van der Waals surface area contributed by atoms with Crippen LogP contribution in [0.2, 0.25) is 0 Å². The highest BCUT2D eigenvalue weighted by molar-refractivity contribution is 5.84. The Labute approximate surface area is 184 Å². The molecule has 0 heterocycles. The SMILES string of the molecule is CC1(CC(F)F)C2CC3(C(=O)NC4CCC(N)CC4)CC1CC(c1ccccc1)(C2)C3. The van der Waals surface area contributed by atoms with Gasteiger partial charge in [-0.25, -0.2) is 8.78 Å². The van der Waals surface area contributed by atoms with Gasteiger partial charge in [0.1, 0.15) is 0 Å². The predicted octanol–water partition coefficient (Wildman–Crippen LogP) is 5.18. The van der Waals surface area contributed by atoms with Crippen LogP contribution in [0.3, 0.4) is 0 Å². The fourth-order valence-electron chi connectivity index (χ4n) is 8.06. The molecule has 31 heavy (non-hydrogen) atoms. The lowest BCUT2D eigenvalue weighted by atomic mass is 9.36. The third-order valence-electron chi connectivity index (χ3n) is 9.66. The van der Waals surface area contributed by atoms with Crippen molar-refractivity contribution in [3.8, 4) is 0 Å². The second-order valence-corrected chi connectivity index (χ2v) is 11.5. The molecule has 170 valence electrons. The molecule has 1 aromatic carbocycles. The van der Waals surface area contributed by atoms with Crippen LogP contribution in [0.4, 0.5) is 8.78 Å². The van der Waals surface area contributed by atoms with Crippen molar-refractivity contribution in [2.24, 2.45) is 28.4 Å². The molecule has 5 fully saturated rings. The van der Waals surface area contributed by atoms with Crippen molar-refractivity contribution in [1.82, 2.24) is 5.32 Å². The zero-order valence-corrected chi connectivity index (χ0v) is 18.6. The van der Waals surface area contributed by atoms with Crippen LogP contribution < -0.4 is 11.1 Å². The molecule has 5 saturated carbocycles. The number of nitrogens with one attached hydrogen (secondary N) is 1. The van der Waals surface area contributed by atoms with Crippen molar-refractivity contribution in [3.05, 3.63) is 35.9 Å². The average Bonchev–Trinajstić information content (AvgIpc) is 2.73. The Bertz CT molecular complexity index is 802. The molecular weight excluding hydrogens is 394 g/mol. The van der Waals surface area contributed by atoms with Gasteiger partial charge in [-0.05, 0) is 86.0 Å². The molecule has 5 aliphatic carbocycles. The van der Waals surface area contributed by atoms with Gasteiger partial charge in [0.05, 0.1) is 5.41 Å². The largest absolute Gasteiger partial charge is 0.353 e. The molecule has 6 rings (SSSR count). The van der Waals surface area contributed by atoms with E-state index in [1.54, 1.807) is 0 Å². The summed E-state index contributed by atoms with van der Waals surface area (Å²) in [6, 6.07) is 11.0. The highest BCUT2D eigenvalue weighted by atomic mass is 19.3. The van der Waals surface area contributed by atoms with Crippen LogP contribution in [0.1, 0.15) is 76.7 Å². The summed E-state index contributed by atoms with van der Waals surface area (Å²) in [5.74, 6) is 0.531. The van der Waals surface area contributed by atoms with Gasteiger partial charge in [-0.1, -0.05) is 37.3 Å². The van der Waals surface area contributed by atoms with E-state index in [1.807, 2.05) is 6.07 Å². The number of nitrogens with two attached hydrogens (primary N) is 1. The van der Waals surface area contributed by atoms with E-state index in [1.165, 1.54) is 5.56 Å². The summed E-state index contributed by atoms with van der Waals surface area (Å²) in [5.41, 5.74) is 6.51. The van der Waals surface area contributed by atoms with Crippen LogP contribution in [0.15, 0.2) is 30.3 Å². The van der Waals surface area contributed by atoms with E-state index in [0.717, 1.165) is 57.8 Å². The van der Waals surface area contributed by atoms with Crippen LogP contribution >= 0.6 is 0 Å². The molecule has 5 aliphatic rings. The molecule has 4 bridgehead atoms. The number of hydrogen-bond acceptors (Lipinski definition) is 2. The van der Waals surface area contributed by atoms with E-state index < -0.39 is 11.8 Å². The second-order valence-electron chi connectivity index (χ2n) is 11.5. The predicted molar refractivity (Wildman–Crippen MR) is 118 cm³/mol. The molecule has 1 amide bonds. The summed E-state index contributed by atoms with van der Waals surface area (Å²) in [7, 11) is 0. The van der Waals surface area contributed by atoms with Gasteiger partial charge >= 0.3 is 0 Å². The number of carbonyl (C=O) groups is 1. The lowest BCUT2D eigenvalue weighted by Gasteiger charge is -2.68. The normalized spacial score (nSPS) is 43.9. The molecular formula is C26H36F2N2O. The minimum Gasteiger partial charge on any atom is -0.353 e. The number of hydrogen-bond donors (Lipinski definition) is 2. The van der Waals surface area contributed by atoms with E-state index in [4.69, 9.17) is 5.73 Å². The lowest BCUT2D eigenvalue weighted by Crippen LogP contribution is -2.65. The summed E-state index contributed by atoms with van der Waals surface area (Å²) in [4.78, 5) is 13.8. The first kappa shape index (κ1) is 21.4. The van der Waals surface area contributed by atoms with Crippen LogP contribution in [0.25, 0.3) is 0 Å². The fourth-order valence-corrected chi connectivity index (χ4v) is 8.06. The average molecular weight is 431 g/mol. The van der Waals surface area contributed by atoms with Crippen molar-refractivity contribution in [2.75, 3.05) is 0 Å². The number of benzene rings is 1. The summed E-state index contributed by atoms with van der Waals surface area (Å²) < 4.78 is 27.2. The highest BCUT2D eigenvalue weighted by Crippen LogP contribution is 2.72. The van der Waals surface area contributed by atoms with Gasteiger partial charge in [0, 0.05) is 18.5 Å². The van der Waals surface area contributed by atoms with Gasteiger partial charge in [0.2, 0.25) is 12.3 Å². The standard InChI is InChI=1S/C26H36F2N2O/c1-24(15-22(27)28)18-11-25(17-5-3-2-4-6-17)12-19(24)14-26(13-18,16-25)23(31)30-21-9-7-20(29)8-10-21/h2-6,18-22H,7-16,29H2,1H3,(H,30,31). The van der Waals surface area contributed by atoms with Crippen molar-refractivity contribution in [1.29, 1.82) is 0 Å². The molecule has 3 nitrogen and oxygen atoms in total. The topological polar surface area (TPSA) is 55.1 Å². The molecule has 3 N–H and O–H groups in total. The Morgan fingerprint density at radius 3 is 2.26 bits per heavy atom. The Balaban J connectivity index is 1.46. The maximum absolute atomic E-state index is 13.8. The van der Waals surface area contributed by atoms with E-state index in [9.17, 15) is 13.6 Å². The van der Waals surface area contributed by atoms with Crippen LogP contribution in [0, 0.1) is 22.7 Å². The number of amides is 1. The summed E-state index contributed by atoms with van der Waals surface area (Å²) in [6.07, 6.45) is 5.75. The van der Waals surface area contributed by atoms with Gasteiger partial charge in [-0.2, -0.15) is 0 Å². The van der Waals surface area contributed by atoms with E-state index in [0.29, 0.717) is 0 Å². The van der Waals surface area contributed by atoms with E-state index in [-0.39, 0.29) is 47.1 Å². The van der Waals surface area contributed by atoms with Gasteiger partial charge in [-0.3, -0.25) is 4.79 Å². The second kappa shape index (κ2) is 7.54. The third kappa shape index (κ3) is 3.51. The Morgan fingerprint density at radius 2 is 1.68 bits per heavy atom. The minimum absolute atomic E-state index is 0.0363. The maximum atomic E-state index is 13.8. The summed E-state index contributed by atoms with van der Waals surface area (Å²) in [5, 5.41) is 3.39. The monoisotopic (exact) mass is 430 g/mol. The Morgan fingerprint density at radius 1 is 1.06 bits per heavy atom. The smallest absolute Gasteiger partial charge is 0.239 e. The number of alkyl halides is 2. The quantitative estimate of drug-likeness (QED) is 0.676. The summed E-state index contributed by atoms with van der Waals surface area (Å²) in [6.45, 7) is 2.08. The first-order valence-corrected chi connectivity index (χ1v) is 12.1.